The third-order valence-corrected chi connectivity index (χ3v) is 6.46. The minimum Gasteiger partial charge on any atom is -0.335 e. The number of carbonyl (C=O) groups is 2. The summed E-state index contributed by atoms with van der Waals surface area (Å²) >= 11 is 11.9. The molecule has 0 aromatic heterocycles. The molecule has 1 heterocycles. The van der Waals surface area contributed by atoms with Crippen LogP contribution in [0.4, 0.5) is 8.78 Å². The first-order valence-electron chi connectivity index (χ1n) is 8.76. The van der Waals surface area contributed by atoms with Crippen molar-refractivity contribution < 1.29 is 26.8 Å². The van der Waals surface area contributed by atoms with Gasteiger partial charge in [0.05, 0.1) is 4.90 Å². The largest absolute Gasteiger partial charge is 0.341 e. The van der Waals surface area contributed by atoms with Crippen molar-refractivity contribution in [2.75, 3.05) is 26.2 Å². The zero-order valence-electron chi connectivity index (χ0n) is 15.4. The molecule has 0 unspecified atom stereocenters. The van der Waals surface area contributed by atoms with Crippen molar-refractivity contribution in [3.05, 3.63) is 63.6 Å². The van der Waals surface area contributed by atoms with Crippen LogP contribution in [-0.4, -0.2) is 62.0 Å². The summed E-state index contributed by atoms with van der Waals surface area (Å²) in [5, 5.41) is 0.689. The van der Waals surface area contributed by atoms with Gasteiger partial charge in [-0.25, -0.2) is 8.42 Å². The highest BCUT2D eigenvalue weighted by atomic mass is 35.5. The number of amides is 2. The number of alkyl halides is 2. The number of rotatable bonds is 4. The number of carbonyl (C=O) groups excluding carboxylic acids is 2. The van der Waals surface area contributed by atoms with E-state index in [2.05, 4.69) is 0 Å². The molecule has 2 amide bonds. The Labute approximate surface area is 181 Å². The van der Waals surface area contributed by atoms with Crippen molar-refractivity contribution in [3.63, 3.8) is 0 Å². The second-order valence-electron chi connectivity index (χ2n) is 6.57. The van der Waals surface area contributed by atoms with E-state index in [9.17, 15) is 26.8 Å². The average Bonchev–Trinajstić information content (AvgIpc) is 2.72. The van der Waals surface area contributed by atoms with E-state index in [1.807, 2.05) is 0 Å². The van der Waals surface area contributed by atoms with Gasteiger partial charge in [0, 0.05) is 47.4 Å². The summed E-state index contributed by atoms with van der Waals surface area (Å²) in [6, 6.07) is 8.92. The smallest absolute Gasteiger partial charge is 0.335 e. The van der Waals surface area contributed by atoms with E-state index in [1.165, 1.54) is 35.2 Å². The van der Waals surface area contributed by atoms with Crippen LogP contribution in [0.3, 0.4) is 0 Å². The predicted octanol–water partition coefficient (Wildman–Crippen LogP) is 3.59. The van der Waals surface area contributed by atoms with Gasteiger partial charge in [-0.1, -0.05) is 23.2 Å². The molecule has 0 radical (unpaired) electrons. The van der Waals surface area contributed by atoms with Gasteiger partial charge in [0.1, 0.15) is 0 Å². The van der Waals surface area contributed by atoms with Crippen molar-refractivity contribution in [2.24, 2.45) is 0 Å². The van der Waals surface area contributed by atoms with Crippen molar-refractivity contribution >= 4 is 44.9 Å². The van der Waals surface area contributed by atoms with Gasteiger partial charge in [-0.3, -0.25) is 9.59 Å². The number of piperazine rings is 1. The third kappa shape index (κ3) is 4.74. The lowest BCUT2D eigenvalue weighted by molar-refractivity contribution is 0.0535. The molecule has 1 saturated heterocycles. The van der Waals surface area contributed by atoms with E-state index in [0.29, 0.717) is 15.6 Å². The second-order valence-corrected chi connectivity index (χ2v) is 9.36. The van der Waals surface area contributed by atoms with Crippen LogP contribution < -0.4 is 0 Å². The SMILES string of the molecule is O=C(c1ccc(S(=O)(=O)C(F)F)cc1)N1CCN(C(=O)c2cc(Cl)cc(Cl)c2)CC1. The van der Waals surface area contributed by atoms with Crippen LogP contribution in [0.2, 0.25) is 10.0 Å². The average molecular weight is 477 g/mol. The number of halogens is 4. The molecule has 160 valence electrons. The van der Waals surface area contributed by atoms with Crippen LogP contribution in [0.25, 0.3) is 0 Å². The summed E-state index contributed by atoms with van der Waals surface area (Å²) in [7, 11) is -4.71. The molecule has 0 atom stereocenters. The van der Waals surface area contributed by atoms with E-state index >= 15 is 0 Å². The van der Waals surface area contributed by atoms with Crippen molar-refractivity contribution in [2.45, 2.75) is 10.7 Å². The van der Waals surface area contributed by atoms with E-state index in [4.69, 9.17) is 23.2 Å². The summed E-state index contributed by atoms with van der Waals surface area (Å²) < 4.78 is 48.2. The Hall–Kier alpha value is -2.23. The molecule has 2 aromatic rings. The maximum atomic E-state index is 12.6. The lowest BCUT2D eigenvalue weighted by atomic mass is 10.1. The van der Waals surface area contributed by atoms with Gasteiger partial charge >= 0.3 is 5.76 Å². The summed E-state index contributed by atoms with van der Waals surface area (Å²) in [4.78, 5) is 27.8. The lowest BCUT2D eigenvalue weighted by Crippen LogP contribution is -2.50. The summed E-state index contributed by atoms with van der Waals surface area (Å²) in [5.41, 5.74) is 0.521. The first-order valence-corrected chi connectivity index (χ1v) is 11.1. The highest BCUT2D eigenvalue weighted by Crippen LogP contribution is 2.22. The van der Waals surface area contributed by atoms with Gasteiger partial charge in [-0.05, 0) is 42.5 Å². The molecule has 0 N–H and O–H groups in total. The number of hydrogen-bond donors (Lipinski definition) is 0. The lowest BCUT2D eigenvalue weighted by Gasteiger charge is -2.35. The van der Waals surface area contributed by atoms with E-state index in [0.717, 1.165) is 12.1 Å². The molecule has 11 heteroatoms. The molecule has 0 bridgehead atoms. The number of benzene rings is 2. The predicted molar refractivity (Wildman–Crippen MR) is 108 cm³/mol. The first-order chi connectivity index (χ1) is 14.1. The summed E-state index contributed by atoms with van der Waals surface area (Å²) in [6.45, 7) is 1.09. The highest BCUT2D eigenvalue weighted by Gasteiger charge is 2.28. The van der Waals surface area contributed by atoms with Crippen LogP contribution in [0, 0.1) is 0 Å². The zero-order valence-corrected chi connectivity index (χ0v) is 17.7. The van der Waals surface area contributed by atoms with Crippen molar-refractivity contribution in [1.82, 2.24) is 9.80 Å². The minimum absolute atomic E-state index is 0.171. The molecule has 2 aromatic carbocycles. The van der Waals surface area contributed by atoms with Crippen LogP contribution in [-0.2, 0) is 9.84 Å². The number of nitrogens with zero attached hydrogens (tertiary/aromatic N) is 2. The number of hydrogen-bond acceptors (Lipinski definition) is 4. The molecule has 6 nitrogen and oxygen atoms in total. The maximum absolute atomic E-state index is 12.6. The second kappa shape index (κ2) is 8.87. The fourth-order valence-electron chi connectivity index (χ4n) is 3.05. The Bertz CT molecular complexity index is 1050. The van der Waals surface area contributed by atoms with E-state index in [-0.39, 0.29) is 43.6 Å². The Morgan fingerprint density at radius 1 is 0.800 bits per heavy atom. The quantitative estimate of drug-likeness (QED) is 0.675. The Kier molecular flexibility index (Phi) is 6.64. The fourth-order valence-corrected chi connectivity index (χ4v) is 4.29. The highest BCUT2D eigenvalue weighted by molar-refractivity contribution is 7.91. The molecule has 30 heavy (non-hydrogen) atoms. The monoisotopic (exact) mass is 476 g/mol. The Balaban J connectivity index is 1.65. The molecule has 0 spiro atoms. The molecule has 1 aliphatic rings. The van der Waals surface area contributed by atoms with Crippen LogP contribution in [0.1, 0.15) is 20.7 Å². The zero-order chi connectivity index (χ0) is 22.1. The van der Waals surface area contributed by atoms with E-state index < -0.39 is 20.5 Å². The van der Waals surface area contributed by atoms with Gasteiger partial charge in [-0.2, -0.15) is 8.78 Å². The van der Waals surface area contributed by atoms with Crippen LogP contribution >= 0.6 is 23.2 Å². The topological polar surface area (TPSA) is 74.8 Å². The molecular formula is C19H16Cl2F2N2O4S. The van der Waals surface area contributed by atoms with Gasteiger partial charge in [0.25, 0.3) is 11.8 Å². The molecule has 0 aliphatic carbocycles. The number of sulfone groups is 1. The van der Waals surface area contributed by atoms with Crippen molar-refractivity contribution in [1.29, 1.82) is 0 Å². The fraction of sp³-hybridized carbons (Fsp3) is 0.263. The van der Waals surface area contributed by atoms with Crippen LogP contribution in [0.5, 0.6) is 0 Å². The van der Waals surface area contributed by atoms with E-state index in [1.54, 1.807) is 4.90 Å². The first kappa shape index (κ1) is 22.5. The van der Waals surface area contributed by atoms with Gasteiger partial charge in [-0.15, -0.1) is 0 Å². The van der Waals surface area contributed by atoms with Crippen molar-refractivity contribution in [3.8, 4) is 0 Å². The van der Waals surface area contributed by atoms with Gasteiger partial charge in [0.2, 0.25) is 9.84 Å². The molecule has 0 saturated carbocycles. The Morgan fingerprint density at radius 3 is 1.67 bits per heavy atom. The standard InChI is InChI=1S/C19H16Cl2F2N2O4S/c20-14-9-13(10-15(21)11-14)18(27)25-7-5-24(6-8-25)17(26)12-1-3-16(4-2-12)30(28,29)19(22)23/h1-4,9-11,19H,5-8H2. The molecule has 1 aliphatic heterocycles. The third-order valence-electron chi connectivity index (χ3n) is 4.63. The normalized spacial score (nSPS) is 14.8. The molecular weight excluding hydrogens is 461 g/mol. The van der Waals surface area contributed by atoms with Gasteiger partial charge in [0.15, 0.2) is 0 Å². The minimum atomic E-state index is -4.71. The molecule has 3 rings (SSSR count). The van der Waals surface area contributed by atoms with Crippen LogP contribution in [0.15, 0.2) is 47.4 Å². The molecule has 1 fully saturated rings. The summed E-state index contributed by atoms with van der Waals surface area (Å²) in [5.74, 6) is -4.17. The maximum Gasteiger partial charge on any atom is 0.341 e. The summed E-state index contributed by atoms with van der Waals surface area (Å²) in [6.07, 6.45) is 0. The van der Waals surface area contributed by atoms with Gasteiger partial charge < -0.3 is 9.80 Å². The Morgan fingerprint density at radius 2 is 1.23 bits per heavy atom.